The van der Waals surface area contributed by atoms with Gasteiger partial charge in [-0.25, -0.2) is 4.52 Å². The van der Waals surface area contributed by atoms with Crippen molar-refractivity contribution in [3.63, 3.8) is 0 Å². The molecule has 6 rings (SSSR count). The average molecular weight is 386 g/mol. The largest absolute Gasteiger partial charge is 0.366 e. The van der Waals surface area contributed by atoms with Crippen molar-refractivity contribution >= 4 is 17.1 Å². The van der Waals surface area contributed by atoms with Crippen molar-refractivity contribution in [3.05, 3.63) is 53.9 Å². The van der Waals surface area contributed by atoms with Gasteiger partial charge in [0, 0.05) is 50.1 Å². The Kier molecular flexibility index (Phi) is 3.89. The Morgan fingerprint density at radius 1 is 0.931 bits per heavy atom. The fourth-order valence-corrected chi connectivity index (χ4v) is 4.93. The second kappa shape index (κ2) is 6.61. The monoisotopic (exact) mass is 386 g/mol. The topological polar surface area (TPSA) is 40.9 Å². The summed E-state index contributed by atoms with van der Waals surface area (Å²) in [6.07, 6.45) is 9.88. The number of carbonyl (C=O) groups excluding carboxylic acids is 1. The van der Waals surface area contributed by atoms with Crippen molar-refractivity contribution in [2.24, 2.45) is 5.92 Å². The molecule has 1 saturated heterocycles. The third-order valence-electron chi connectivity index (χ3n) is 6.78. The highest BCUT2D eigenvalue weighted by Crippen LogP contribution is 2.33. The summed E-state index contributed by atoms with van der Waals surface area (Å²) in [4.78, 5) is 16.8. The number of fused-ring (bicyclic) bond motifs is 2. The molecular formula is C24H26N4O. The van der Waals surface area contributed by atoms with Gasteiger partial charge in [-0.3, -0.25) is 4.79 Å². The molecule has 3 aliphatic rings. The molecule has 0 unspecified atom stereocenters. The smallest absolute Gasteiger partial charge is 0.225 e. The molecule has 0 atom stereocenters. The van der Waals surface area contributed by atoms with Crippen molar-refractivity contribution in [1.29, 1.82) is 0 Å². The SMILES string of the molecule is O=C(C1CC1)N1CCN(c2ccnn3cc(-c4ccc5c(c4)CCC5)cc23)CC1. The first kappa shape index (κ1) is 17.1. The molecule has 1 saturated carbocycles. The van der Waals surface area contributed by atoms with E-state index in [2.05, 4.69) is 51.4 Å². The quantitative estimate of drug-likeness (QED) is 0.691. The molecule has 1 aromatic carbocycles. The molecule has 0 radical (unpaired) electrons. The van der Waals surface area contributed by atoms with Gasteiger partial charge in [0.15, 0.2) is 0 Å². The summed E-state index contributed by atoms with van der Waals surface area (Å²) in [5, 5.41) is 4.56. The number of hydrogen-bond acceptors (Lipinski definition) is 3. The van der Waals surface area contributed by atoms with Crippen LogP contribution in [-0.4, -0.2) is 46.6 Å². The van der Waals surface area contributed by atoms with Gasteiger partial charge in [0.05, 0.1) is 11.2 Å². The van der Waals surface area contributed by atoms with Crippen LogP contribution >= 0.6 is 0 Å². The van der Waals surface area contributed by atoms with Crippen molar-refractivity contribution in [2.75, 3.05) is 31.1 Å². The summed E-state index contributed by atoms with van der Waals surface area (Å²) >= 11 is 0. The maximum absolute atomic E-state index is 12.4. The number of piperazine rings is 1. The molecule has 2 fully saturated rings. The van der Waals surface area contributed by atoms with E-state index in [1.165, 1.54) is 47.2 Å². The summed E-state index contributed by atoms with van der Waals surface area (Å²) in [6, 6.07) is 11.3. The van der Waals surface area contributed by atoms with E-state index in [1.807, 2.05) is 10.7 Å². The first-order valence-electron chi connectivity index (χ1n) is 10.9. The zero-order chi connectivity index (χ0) is 19.4. The van der Waals surface area contributed by atoms with E-state index in [0.717, 1.165) is 44.5 Å². The third kappa shape index (κ3) is 3.00. The molecule has 5 heteroatoms. The standard InChI is InChI=1S/C24H26N4O/c29-24(18-5-6-18)27-12-10-26(11-13-27)22-8-9-25-28-16-21(15-23(22)28)20-7-4-17-2-1-3-19(17)14-20/h4,7-9,14-16,18H,1-3,5-6,10-13H2. The van der Waals surface area contributed by atoms with Crippen LogP contribution in [0.2, 0.25) is 0 Å². The molecular weight excluding hydrogens is 360 g/mol. The lowest BCUT2D eigenvalue weighted by atomic mass is 10.0. The predicted octanol–water partition coefficient (Wildman–Crippen LogP) is 3.55. The Morgan fingerprint density at radius 2 is 1.76 bits per heavy atom. The molecule has 3 aromatic rings. The van der Waals surface area contributed by atoms with E-state index in [1.54, 1.807) is 0 Å². The van der Waals surface area contributed by atoms with E-state index in [4.69, 9.17) is 0 Å². The minimum Gasteiger partial charge on any atom is -0.366 e. The van der Waals surface area contributed by atoms with E-state index >= 15 is 0 Å². The fraction of sp³-hybridized carbons (Fsp3) is 0.417. The summed E-state index contributed by atoms with van der Waals surface area (Å²) < 4.78 is 2.00. The molecule has 29 heavy (non-hydrogen) atoms. The van der Waals surface area contributed by atoms with Gasteiger partial charge in [-0.1, -0.05) is 18.2 Å². The predicted molar refractivity (Wildman–Crippen MR) is 114 cm³/mol. The number of rotatable bonds is 3. The Morgan fingerprint density at radius 3 is 2.59 bits per heavy atom. The van der Waals surface area contributed by atoms with E-state index in [-0.39, 0.29) is 0 Å². The fourth-order valence-electron chi connectivity index (χ4n) is 4.93. The lowest BCUT2D eigenvalue weighted by Crippen LogP contribution is -2.49. The van der Waals surface area contributed by atoms with Crippen LogP contribution in [0.5, 0.6) is 0 Å². The summed E-state index contributed by atoms with van der Waals surface area (Å²) in [6.45, 7) is 3.42. The Balaban J connectivity index is 1.28. The van der Waals surface area contributed by atoms with Crippen LogP contribution in [0.15, 0.2) is 42.7 Å². The number of nitrogens with zero attached hydrogens (tertiary/aromatic N) is 4. The lowest BCUT2D eigenvalue weighted by Gasteiger charge is -2.36. The van der Waals surface area contributed by atoms with Gasteiger partial charge >= 0.3 is 0 Å². The molecule has 148 valence electrons. The first-order chi connectivity index (χ1) is 14.3. The number of hydrogen-bond donors (Lipinski definition) is 0. The van der Waals surface area contributed by atoms with Crippen LogP contribution in [0.4, 0.5) is 5.69 Å². The van der Waals surface area contributed by atoms with Crippen LogP contribution in [-0.2, 0) is 17.6 Å². The molecule has 3 heterocycles. The third-order valence-corrected chi connectivity index (χ3v) is 6.78. The van der Waals surface area contributed by atoms with Gasteiger partial charge in [-0.15, -0.1) is 0 Å². The maximum Gasteiger partial charge on any atom is 0.225 e. The Labute approximate surface area is 170 Å². The Hall–Kier alpha value is -2.82. The first-order valence-corrected chi connectivity index (χ1v) is 10.9. The van der Waals surface area contributed by atoms with Gasteiger partial charge < -0.3 is 9.80 Å². The normalized spacial score (nSPS) is 19.0. The minimum atomic E-state index is 0.315. The molecule has 2 aromatic heterocycles. The second-order valence-corrected chi connectivity index (χ2v) is 8.70. The van der Waals surface area contributed by atoms with E-state index < -0.39 is 0 Å². The highest BCUT2D eigenvalue weighted by Gasteiger charge is 2.34. The molecule has 2 aliphatic carbocycles. The second-order valence-electron chi connectivity index (χ2n) is 8.70. The molecule has 1 aliphatic heterocycles. The van der Waals surface area contributed by atoms with E-state index in [9.17, 15) is 4.79 Å². The zero-order valence-corrected chi connectivity index (χ0v) is 16.7. The summed E-state index contributed by atoms with van der Waals surface area (Å²) in [7, 11) is 0. The number of amides is 1. The van der Waals surface area contributed by atoms with E-state index in [0.29, 0.717) is 11.8 Å². The van der Waals surface area contributed by atoms with Crippen molar-refractivity contribution < 1.29 is 4.79 Å². The highest BCUT2D eigenvalue weighted by molar-refractivity contribution is 5.82. The minimum absolute atomic E-state index is 0.315. The number of aryl methyl sites for hydroxylation is 2. The van der Waals surface area contributed by atoms with Crippen molar-refractivity contribution in [2.45, 2.75) is 32.1 Å². The maximum atomic E-state index is 12.4. The molecule has 1 amide bonds. The Bertz CT molecular complexity index is 1090. The zero-order valence-electron chi connectivity index (χ0n) is 16.7. The molecule has 5 nitrogen and oxygen atoms in total. The van der Waals surface area contributed by atoms with Crippen LogP contribution in [0.25, 0.3) is 16.6 Å². The summed E-state index contributed by atoms with van der Waals surface area (Å²) in [5.74, 6) is 0.681. The van der Waals surface area contributed by atoms with Crippen LogP contribution in [0.1, 0.15) is 30.4 Å². The van der Waals surface area contributed by atoms with Gasteiger partial charge in [-0.05, 0) is 60.9 Å². The van der Waals surface area contributed by atoms with Crippen LogP contribution < -0.4 is 4.90 Å². The van der Waals surface area contributed by atoms with Crippen molar-refractivity contribution in [3.8, 4) is 11.1 Å². The lowest BCUT2D eigenvalue weighted by molar-refractivity contribution is -0.132. The number of anilines is 1. The van der Waals surface area contributed by atoms with Gasteiger partial charge in [-0.2, -0.15) is 5.10 Å². The molecule has 0 spiro atoms. The van der Waals surface area contributed by atoms with Gasteiger partial charge in [0.2, 0.25) is 5.91 Å². The average Bonchev–Trinajstić information content (AvgIpc) is 3.34. The van der Waals surface area contributed by atoms with Gasteiger partial charge in [0.1, 0.15) is 0 Å². The number of aromatic nitrogens is 2. The summed E-state index contributed by atoms with van der Waals surface area (Å²) in [5.41, 5.74) is 7.87. The number of benzene rings is 1. The number of carbonyl (C=O) groups is 1. The molecule has 0 bridgehead atoms. The van der Waals surface area contributed by atoms with Gasteiger partial charge in [0.25, 0.3) is 0 Å². The van der Waals surface area contributed by atoms with Crippen LogP contribution in [0, 0.1) is 5.92 Å². The highest BCUT2D eigenvalue weighted by atomic mass is 16.2. The van der Waals surface area contributed by atoms with Crippen molar-refractivity contribution in [1.82, 2.24) is 14.5 Å². The molecule has 0 N–H and O–H groups in total. The van der Waals surface area contributed by atoms with Crippen LogP contribution in [0.3, 0.4) is 0 Å².